The van der Waals surface area contributed by atoms with Crippen molar-refractivity contribution in [2.75, 3.05) is 0 Å². The van der Waals surface area contributed by atoms with E-state index in [-0.39, 0.29) is 5.75 Å². The molecule has 142 valence electrons. The van der Waals surface area contributed by atoms with Crippen molar-refractivity contribution in [1.29, 1.82) is 0 Å². The van der Waals surface area contributed by atoms with Gasteiger partial charge < -0.3 is 4.74 Å². The second-order valence-corrected chi connectivity index (χ2v) is 5.53. The maximum atomic E-state index is 13.1. The maximum absolute atomic E-state index is 13.1. The van der Waals surface area contributed by atoms with Crippen LogP contribution in [0.25, 0.3) is 11.1 Å². The van der Waals surface area contributed by atoms with Gasteiger partial charge in [0, 0.05) is 6.07 Å². The average Bonchev–Trinajstić information content (AvgIpc) is 2.68. The molecule has 3 rings (SSSR count). The van der Waals surface area contributed by atoms with Crippen molar-refractivity contribution in [1.82, 2.24) is 4.98 Å². The zero-order chi connectivity index (χ0) is 20.1. The SMILES string of the molecule is O=NOC(=O)c1cc(Oc2cccc(-c3ccccc3)c2)nc(C(F)(F)F)c1. The zero-order valence-corrected chi connectivity index (χ0v) is 14.0. The molecule has 0 amide bonds. The highest BCUT2D eigenvalue weighted by atomic mass is 19.4. The first-order chi connectivity index (χ1) is 13.4. The van der Waals surface area contributed by atoms with E-state index in [1.165, 1.54) is 6.07 Å². The van der Waals surface area contributed by atoms with Crippen molar-refractivity contribution in [3.05, 3.63) is 82.9 Å². The van der Waals surface area contributed by atoms with E-state index in [1.807, 2.05) is 35.7 Å². The molecule has 0 saturated carbocycles. The average molecular weight is 388 g/mol. The molecule has 1 heterocycles. The van der Waals surface area contributed by atoms with Gasteiger partial charge in [-0.25, -0.2) is 9.78 Å². The van der Waals surface area contributed by atoms with Crippen LogP contribution >= 0.6 is 0 Å². The molecule has 0 spiro atoms. The van der Waals surface area contributed by atoms with Crippen LogP contribution < -0.4 is 4.74 Å². The molecule has 1 aromatic heterocycles. The highest BCUT2D eigenvalue weighted by Gasteiger charge is 2.34. The van der Waals surface area contributed by atoms with Crippen LogP contribution in [-0.2, 0) is 11.0 Å². The summed E-state index contributed by atoms with van der Waals surface area (Å²) in [5, 5.41) is 1.92. The van der Waals surface area contributed by atoms with Crippen LogP contribution in [0.5, 0.6) is 11.6 Å². The number of benzene rings is 2. The van der Waals surface area contributed by atoms with Crippen LogP contribution in [-0.4, -0.2) is 11.0 Å². The highest BCUT2D eigenvalue weighted by Crippen LogP contribution is 2.32. The fraction of sp³-hybridized carbons (Fsp3) is 0.0526. The van der Waals surface area contributed by atoms with Gasteiger partial charge in [-0.2, -0.15) is 13.2 Å². The molecule has 0 N–H and O–H groups in total. The quantitative estimate of drug-likeness (QED) is 0.432. The Morgan fingerprint density at radius 2 is 1.64 bits per heavy atom. The number of halogens is 3. The first-order valence-electron chi connectivity index (χ1n) is 7.83. The standard InChI is InChI=1S/C19H11F3N2O4/c20-19(21,22)16-10-14(18(25)28-24-26)11-17(23-16)27-15-8-4-7-13(9-15)12-5-2-1-3-6-12/h1-11H. The second-order valence-electron chi connectivity index (χ2n) is 5.53. The third-order valence-electron chi connectivity index (χ3n) is 3.61. The Hall–Kier alpha value is -3.75. The van der Waals surface area contributed by atoms with E-state index < -0.39 is 29.3 Å². The predicted octanol–water partition coefficient (Wildman–Crippen LogP) is 5.40. The van der Waals surface area contributed by atoms with Crippen LogP contribution in [0.4, 0.5) is 13.2 Å². The molecule has 0 aliphatic heterocycles. The molecule has 0 radical (unpaired) electrons. The van der Waals surface area contributed by atoms with Crippen molar-refractivity contribution >= 4 is 5.97 Å². The van der Waals surface area contributed by atoms with Crippen molar-refractivity contribution in [3.8, 4) is 22.8 Å². The number of hydrogen-bond donors (Lipinski definition) is 0. The minimum atomic E-state index is -4.84. The number of pyridine rings is 1. The summed E-state index contributed by atoms with van der Waals surface area (Å²) in [7, 11) is 0. The summed E-state index contributed by atoms with van der Waals surface area (Å²) in [6, 6.07) is 17.2. The lowest BCUT2D eigenvalue weighted by atomic mass is 10.1. The van der Waals surface area contributed by atoms with E-state index in [1.54, 1.807) is 18.2 Å². The fourth-order valence-corrected chi connectivity index (χ4v) is 2.40. The van der Waals surface area contributed by atoms with Gasteiger partial charge in [-0.15, -0.1) is 4.91 Å². The molecule has 0 aliphatic carbocycles. The molecule has 0 unspecified atom stereocenters. The number of ether oxygens (including phenoxy) is 1. The number of carbonyl (C=O) groups excluding carboxylic acids is 1. The first-order valence-corrected chi connectivity index (χ1v) is 7.83. The van der Waals surface area contributed by atoms with Crippen LogP contribution in [0.1, 0.15) is 16.1 Å². The molecule has 2 aromatic carbocycles. The van der Waals surface area contributed by atoms with E-state index in [9.17, 15) is 22.9 Å². The molecule has 0 saturated heterocycles. The smallest absolute Gasteiger partial charge is 0.433 e. The molecule has 9 heteroatoms. The summed E-state index contributed by atoms with van der Waals surface area (Å²) in [4.78, 5) is 28.9. The Labute approximate surface area is 156 Å². The molecule has 0 bridgehead atoms. The molecule has 6 nitrogen and oxygen atoms in total. The summed E-state index contributed by atoms with van der Waals surface area (Å²) in [6.45, 7) is 0. The van der Waals surface area contributed by atoms with Gasteiger partial charge in [0.05, 0.1) is 5.56 Å². The highest BCUT2D eigenvalue weighted by molar-refractivity contribution is 5.89. The summed E-state index contributed by atoms with van der Waals surface area (Å²) < 4.78 is 44.6. The van der Waals surface area contributed by atoms with Crippen LogP contribution in [0, 0.1) is 4.91 Å². The van der Waals surface area contributed by atoms with Crippen molar-refractivity contribution in [2.45, 2.75) is 6.18 Å². The molecule has 28 heavy (non-hydrogen) atoms. The van der Waals surface area contributed by atoms with Gasteiger partial charge in [0.25, 0.3) is 0 Å². The van der Waals surface area contributed by atoms with Gasteiger partial charge in [-0.05, 0) is 29.3 Å². The lowest BCUT2D eigenvalue weighted by molar-refractivity contribution is -0.141. The third kappa shape index (κ3) is 4.50. The monoisotopic (exact) mass is 388 g/mol. The van der Waals surface area contributed by atoms with Gasteiger partial charge in [0.2, 0.25) is 5.88 Å². The molecular weight excluding hydrogens is 377 g/mol. The molecule has 3 aromatic rings. The van der Waals surface area contributed by atoms with Gasteiger partial charge in [-0.3, -0.25) is 4.84 Å². The molecule has 0 atom stereocenters. The minimum Gasteiger partial charge on any atom is -0.439 e. The van der Waals surface area contributed by atoms with E-state index >= 15 is 0 Å². The Balaban J connectivity index is 1.96. The third-order valence-corrected chi connectivity index (χ3v) is 3.61. The fourth-order valence-electron chi connectivity index (χ4n) is 2.40. The number of carbonyl (C=O) groups is 1. The molecular formula is C19H11F3N2O4. The van der Waals surface area contributed by atoms with Crippen molar-refractivity contribution < 1.29 is 27.5 Å². The largest absolute Gasteiger partial charge is 0.439 e. The maximum Gasteiger partial charge on any atom is 0.433 e. The van der Waals surface area contributed by atoms with Gasteiger partial charge in [-0.1, -0.05) is 42.5 Å². The number of rotatable bonds is 5. The zero-order valence-electron chi connectivity index (χ0n) is 14.0. The number of hydrogen-bond acceptors (Lipinski definition) is 6. The van der Waals surface area contributed by atoms with E-state index in [0.717, 1.165) is 17.2 Å². The summed E-state index contributed by atoms with van der Waals surface area (Å²) in [6.07, 6.45) is -4.84. The summed E-state index contributed by atoms with van der Waals surface area (Å²) in [5.41, 5.74) is -0.292. The Bertz CT molecular complexity index is 1010. The lowest BCUT2D eigenvalue weighted by Crippen LogP contribution is -2.11. The predicted molar refractivity (Wildman–Crippen MR) is 92.4 cm³/mol. The van der Waals surface area contributed by atoms with Gasteiger partial charge in [0.1, 0.15) is 11.4 Å². The first kappa shape index (κ1) is 19.0. The number of alkyl halides is 3. The Morgan fingerprint density at radius 3 is 2.32 bits per heavy atom. The van der Waals surface area contributed by atoms with Gasteiger partial charge in [0.15, 0.2) is 5.34 Å². The van der Waals surface area contributed by atoms with E-state index in [2.05, 4.69) is 9.82 Å². The van der Waals surface area contributed by atoms with Crippen LogP contribution in [0.2, 0.25) is 0 Å². The lowest BCUT2D eigenvalue weighted by Gasteiger charge is -2.11. The van der Waals surface area contributed by atoms with Crippen molar-refractivity contribution in [3.63, 3.8) is 0 Å². The topological polar surface area (TPSA) is 77.8 Å². The summed E-state index contributed by atoms with van der Waals surface area (Å²) in [5.74, 6) is -1.63. The van der Waals surface area contributed by atoms with Gasteiger partial charge >= 0.3 is 12.1 Å². The number of aromatic nitrogens is 1. The minimum absolute atomic E-state index is 0.209. The molecule has 0 fully saturated rings. The molecule has 0 aliphatic rings. The second kappa shape index (κ2) is 7.87. The van der Waals surface area contributed by atoms with Crippen LogP contribution in [0.3, 0.4) is 0 Å². The summed E-state index contributed by atoms with van der Waals surface area (Å²) >= 11 is 0. The Kier molecular flexibility index (Phi) is 5.35. The van der Waals surface area contributed by atoms with Crippen molar-refractivity contribution in [2.24, 2.45) is 5.34 Å². The van der Waals surface area contributed by atoms with Crippen LogP contribution in [0.15, 0.2) is 72.1 Å². The Morgan fingerprint density at radius 1 is 0.929 bits per heavy atom. The van der Waals surface area contributed by atoms with E-state index in [4.69, 9.17) is 4.74 Å². The van der Waals surface area contributed by atoms with E-state index in [0.29, 0.717) is 6.07 Å². The number of nitrogens with zero attached hydrogens (tertiary/aromatic N) is 2. The normalized spacial score (nSPS) is 11.0.